The van der Waals surface area contributed by atoms with Gasteiger partial charge in [0.25, 0.3) is 0 Å². The van der Waals surface area contributed by atoms with E-state index in [9.17, 15) is 19.6 Å². The number of aliphatic hydroxyl groups excluding tert-OH is 1. The van der Waals surface area contributed by atoms with E-state index in [0.29, 0.717) is 10.0 Å². The van der Waals surface area contributed by atoms with E-state index in [2.05, 4.69) is 15.9 Å². The lowest BCUT2D eigenvalue weighted by Crippen LogP contribution is -1.98. The summed E-state index contributed by atoms with van der Waals surface area (Å²) in [7, 11) is 0. The number of halogens is 2. The zero-order chi connectivity index (χ0) is 15.6. The second kappa shape index (κ2) is 6.19. The monoisotopic (exact) mass is 355 g/mol. The van der Waals surface area contributed by atoms with E-state index in [1.807, 2.05) is 0 Å². The Labute approximate surface area is 128 Å². The van der Waals surface area contributed by atoms with Crippen LogP contribution in [0.1, 0.15) is 18.6 Å². The van der Waals surface area contributed by atoms with E-state index in [1.54, 1.807) is 0 Å². The Morgan fingerprint density at radius 1 is 1.29 bits per heavy atom. The van der Waals surface area contributed by atoms with Crippen molar-refractivity contribution in [2.75, 3.05) is 0 Å². The third kappa shape index (κ3) is 3.56. The summed E-state index contributed by atoms with van der Waals surface area (Å²) >= 11 is 3.17. The predicted octanol–water partition coefficient (Wildman–Crippen LogP) is 4.34. The third-order valence-corrected chi connectivity index (χ3v) is 3.27. The predicted molar refractivity (Wildman–Crippen MR) is 77.9 cm³/mol. The zero-order valence-electron chi connectivity index (χ0n) is 10.9. The molecule has 0 spiro atoms. The van der Waals surface area contributed by atoms with Gasteiger partial charge < -0.3 is 9.84 Å². The molecule has 0 saturated carbocycles. The second-order valence-electron chi connectivity index (χ2n) is 4.34. The van der Waals surface area contributed by atoms with Gasteiger partial charge in [0.05, 0.1) is 11.0 Å². The first kappa shape index (κ1) is 15.4. The number of hydrogen-bond acceptors (Lipinski definition) is 4. The molecule has 0 aliphatic heterocycles. The largest absolute Gasteiger partial charge is 0.447 e. The fourth-order valence-electron chi connectivity index (χ4n) is 1.70. The Balaban J connectivity index is 2.44. The van der Waals surface area contributed by atoms with Crippen LogP contribution in [-0.4, -0.2) is 10.0 Å². The summed E-state index contributed by atoms with van der Waals surface area (Å²) in [6.07, 6.45) is -0.847. The average Bonchev–Trinajstić information content (AvgIpc) is 2.42. The fourth-order valence-corrected chi connectivity index (χ4v) is 2.04. The van der Waals surface area contributed by atoms with Crippen LogP contribution in [0.2, 0.25) is 0 Å². The Morgan fingerprint density at radius 3 is 2.62 bits per heavy atom. The molecule has 0 bridgehead atoms. The molecule has 0 amide bonds. The van der Waals surface area contributed by atoms with Crippen molar-refractivity contribution in [2.45, 2.75) is 13.0 Å². The van der Waals surface area contributed by atoms with E-state index < -0.39 is 16.8 Å². The van der Waals surface area contributed by atoms with Gasteiger partial charge in [-0.1, -0.05) is 22.0 Å². The molecule has 1 atom stereocenters. The molecular weight excluding hydrogens is 345 g/mol. The SMILES string of the molecule is C[C@H](O)c1ccc(Oc2cc(Br)ccc2F)c([N+](=O)[O-])c1. The van der Waals surface area contributed by atoms with Gasteiger partial charge in [-0.15, -0.1) is 0 Å². The first-order valence-corrected chi connectivity index (χ1v) is 6.77. The molecule has 0 heterocycles. The molecule has 0 aliphatic rings. The van der Waals surface area contributed by atoms with Crippen LogP contribution in [0.5, 0.6) is 11.5 Å². The van der Waals surface area contributed by atoms with Crippen molar-refractivity contribution in [1.29, 1.82) is 0 Å². The maximum absolute atomic E-state index is 13.6. The third-order valence-electron chi connectivity index (χ3n) is 2.78. The quantitative estimate of drug-likeness (QED) is 0.653. The van der Waals surface area contributed by atoms with Gasteiger partial charge in [-0.25, -0.2) is 4.39 Å². The topological polar surface area (TPSA) is 72.6 Å². The van der Waals surface area contributed by atoms with Crippen LogP contribution < -0.4 is 4.74 Å². The Morgan fingerprint density at radius 2 is 2.00 bits per heavy atom. The summed E-state index contributed by atoms with van der Waals surface area (Å²) in [5.41, 5.74) is 0.0385. The fraction of sp³-hybridized carbons (Fsp3) is 0.143. The molecule has 2 aromatic carbocycles. The van der Waals surface area contributed by atoms with E-state index >= 15 is 0 Å². The van der Waals surface area contributed by atoms with Crippen LogP contribution in [-0.2, 0) is 0 Å². The van der Waals surface area contributed by atoms with E-state index in [-0.39, 0.29) is 17.2 Å². The summed E-state index contributed by atoms with van der Waals surface area (Å²) in [5.74, 6) is -0.856. The maximum atomic E-state index is 13.6. The van der Waals surface area contributed by atoms with Gasteiger partial charge in [0.15, 0.2) is 11.6 Å². The molecule has 2 aromatic rings. The lowest BCUT2D eigenvalue weighted by Gasteiger charge is -2.10. The number of benzene rings is 2. The van der Waals surface area contributed by atoms with Gasteiger partial charge in [0.2, 0.25) is 5.75 Å². The minimum Gasteiger partial charge on any atom is -0.447 e. The molecule has 1 N–H and O–H groups in total. The number of nitro groups is 1. The lowest BCUT2D eigenvalue weighted by molar-refractivity contribution is -0.385. The Kier molecular flexibility index (Phi) is 4.54. The van der Waals surface area contributed by atoms with E-state index in [4.69, 9.17) is 4.74 Å². The molecule has 5 nitrogen and oxygen atoms in total. The maximum Gasteiger partial charge on any atom is 0.311 e. The molecule has 0 radical (unpaired) electrons. The van der Waals surface area contributed by atoms with Crippen LogP contribution in [0.3, 0.4) is 0 Å². The highest BCUT2D eigenvalue weighted by Gasteiger charge is 2.19. The van der Waals surface area contributed by atoms with Crippen LogP contribution in [0, 0.1) is 15.9 Å². The minimum absolute atomic E-state index is 0.0959. The van der Waals surface area contributed by atoms with E-state index in [1.165, 1.54) is 43.3 Å². The van der Waals surface area contributed by atoms with Crippen molar-refractivity contribution < 1.29 is 19.2 Å². The van der Waals surface area contributed by atoms with Crippen LogP contribution in [0.25, 0.3) is 0 Å². The van der Waals surface area contributed by atoms with Gasteiger partial charge in [-0.3, -0.25) is 10.1 Å². The molecule has 2 rings (SSSR count). The number of rotatable bonds is 4. The first-order chi connectivity index (χ1) is 9.88. The lowest BCUT2D eigenvalue weighted by atomic mass is 10.1. The van der Waals surface area contributed by atoms with Crippen molar-refractivity contribution >= 4 is 21.6 Å². The van der Waals surface area contributed by atoms with Crippen LogP contribution in [0.4, 0.5) is 10.1 Å². The molecule has 21 heavy (non-hydrogen) atoms. The smallest absolute Gasteiger partial charge is 0.311 e. The summed E-state index contributed by atoms with van der Waals surface area (Å²) < 4.78 is 19.5. The zero-order valence-corrected chi connectivity index (χ0v) is 12.5. The standard InChI is InChI=1S/C14H11BrFNO4/c1-8(18)9-2-5-13(12(6-9)17(19)20)21-14-7-10(15)3-4-11(14)16/h2-8,18H,1H3/t8-/m0/s1. The molecule has 7 heteroatoms. The molecule has 110 valence electrons. The number of nitro benzene ring substituents is 1. The number of nitrogens with zero attached hydrogens (tertiary/aromatic N) is 1. The molecular formula is C14H11BrFNO4. The minimum atomic E-state index is -0.847. The van der Waals surface area contributed by atoms with Gasteiger partial charge in [-0.05, 0) is 36.8 Å². The number of ether oxygens (including phenoxy) is 1. The number of aliphatic hydroxyl groups is 1. The normalized spacial score (nSPS) is 12.0. The second-order valence-corrected chi connectivity index (χ2v) is 5.25. The van der Waals surface area contributed by atoms with Crippen molar-refractivity contribution in [3.63, 3.8) is 0 Å². The van der Waals surface area contributed by atoms with Crippen LogP contribution >= 0.6 is 15.9 Å². The first-order valence-electron chi connectivity index (χ1n) is 5.98. The van der Waals surface area contributed by atoms with E-state index in [0.717, 1.165) is 0 Å². The van der Waals surface area contributed by atoms with Crippen molar-refractivity contribution in [1.82, 2.24) is 0 Å². The van der Waals surface area contributed by atoms with Crippen molar-refractivity contribution in [2.24, 2.45) is 0 Å². The summed E-state index contributed by atoms with van der Waals surface area (Å²) in [6.45, 7) is 1.49. The van der Waals surface area contributed by atoms with Crippen molar-refractivity contribution in [3.05, 3.63) is 62.4 Å². The molecule has 0 unspecified atom stereocenters. The van der Waals surface area contributed by atoms with Gasteiger partial charge in [-0.2, -0.15) is 0 Å². The summed E-state index contributed by atoms with van der Waals surface area (Å²) in [5, 5.41) is 20.5. The Hall–Kier alpha value is -1.99. The summed E-state index contributed by atoms with van der Waals surface area (Å²) in [6, 6.07) is 8.09. The highest BCUT2D eigenvalue weighted by molar-refractivity contribution is 9.10. The molecule has 0 saturated heterocycles. The molecule has 0 aliphatic carbocycles. The highest BCUT2D eigenvalue weighted by Crippen LogP contribution is 2.35. The molecule has 0 fully saturated rings. The van der Waals surface area contributed by atoms with Crippen LogP contribution in [0.15, 0.2) is 40.9 Å². The highest BCUT2D eigenvalue weighted by atomic mass is 79.9. The van der Waals surface area contributed by atoms with Gasteiger partial charge >= 0.3 is 5.69 Å². The average molecular weight is 356 g/mol. The number of hydrogen-bond donors (Lipinski definition) is 1. The molecule has 0 aromatic heterocycles. The van der Waals surface area contributed by atoms with Gasteiger partial charge in [0, 0.05) is 10.5 Å². The van der Waals surface area contributed by atoms with Crippen molar-refractivity contribution in [3.8, 4) is 11.5 Å². The summed E-state index contributed by atoms with van der Waals surface area (Å²) in [4.78, 5) is 10.4. The Bertz CT molecular complexity index is 691. The van der Waals surface area contributed by atoms with Gasteiger partial charge in [0.1, 0.15) is 0 Å².